The summed E-state index contributed by atoms with van der Waals surface area (Å²) in [4.78, 5) is 4.27. The Labute approximate surface area is 157 Å². The molecule has 3 aromatic rings. The Kier molecular flexibility index (Phi) is 5.27. The molecule has 1 heterocycles. The van der Waals surface area contributed by atoms with E-state index in [4.69, 9.17) is 4.74 Å². The smallest absolute Gasteiger partial charge is 0.261 e. The minimum atomic E-state index is -3.75. The van der Waals surface area contributed by atoms with E-state index in [1.54, 1.807) is 37.3 Å². The highest BCUT2D eigenvalue weighted by molar-refractivity contribution is 7.92. The van der Waals surface area contributed by atoms with E-state index < -0.39 is 10.0 Å². The van der Waals surface area contributed by atoms with Gasteiger partial charge in [0.2, 0.25) is 0 Å². The van der Waals surface area contributed by atoms with Crippen molar-refractivity contribution in [2.45, 2.75) is 11.8 Å². The first-order valence-electron chi connectivity index (χ1n) is 8.03. The SMILES string of the molecule is COc1ccc(S(=O)(=O)Nc2ccc(Nc3cccc(F)c3)nc2)cc1C. The van der Waals surface area contributed by atoms with E-state index in [1.165, 1.54) is 37.6 Å². The molecule has 27 heavy (non-hydrogen) atoms. The van der Waals surface area contributed by atoms with Gasteiger partial charge in [-0.15, -0.1) is 0 Å². The van der Waals surface area contributed by atoms with Crippen LogP contribution in [0.25, 0.3) is 0 Å². The number of hydrogen-bond acceptors (Lipinski definition) is 5. The second kappa shape index (κ2) is 7.63. The summed E-state index contributed by atoms with van der Waals surface area (Å²) in [5.74, 6) is 0.714. The third-order valence-corrected chi connectivity index (χ3v) is 5.17. The molecule has 0 atom stereocenters. The zero-order valence-corrected chi connectivity index (χ0v) is 15.5. The largest absolute Gasteiger partial charge is 0.496 e. The van der Waals surface area contributed by atoms with Crippen molar-refractivity contribution in [3.63, 3.8) is 0 Å². The Morgan fingerprint density at radius 3 is 2.48 bits per heavy atom. The van der Waals surface area contributed by atoms with Crippen LogP contribution in [-0.4, -0.2) is 20.5 Å². The summed E-state index contributed by atoms with van der Waals surface area (Å²) < 4.78 is 45.9. The molecule has 0 radical (unpaired) electrons. The second-order valence-corrected chi connectivity index (χ2v) is 7.49. The molecule has 8 heteroatoms. The van der Waals surface area contributed by atoms with E-state index in [1.807, 2.05) is 0 Å². The molecule has 3 rings (SSSR count). The Balaban J connectivity index is 1.74. The first-order valence-corrected chi connectivity index (χ1v) is 9.52. The van der Waals surface area contributed by atoms with Gasteiger partial charge in [0.05, 0.1) is 23.9 Å². The van der Waals surface area contributed by atoms with Crippen LogP contribution in [0.2, 0.25) is 0 Å². The van der Waals surface area contributed by atoms with Crippen molar-refractivity contribution >= 4 is 27.2 Å². The summed E-state index contributed by atoms with van der Waals surface area (Å²) in [5, 5.41) is 2.94. The summed E-state index contributed by atoms with van der Waals surface area (Å²) in [5.41, 5.74) is 1.57. The Hall–Kier alpha value is -3.13. The molecule has 0 spiro atoms. The number of aromatic nitrogens is 1. The lowest BCUT2D eigenvalue weighted by Crippen LogP contribution is -2.13. The van der Waals surface area contributed by atoms with Gasteiger partial charge in [0.15, 0.2) is 0 Å². The van der Waals surface area contributed by atoms with Crippen molar-refractivity contribution in [1.82, 2.24) is 4.98 Å². The van der Waals surface area contributed by atoms with Gasteiger partial charge < -0.3 is 10.1 Å². The number of aryl methyl sites for hydroxylation is 1. The van der Waals surface area contributed by atoms with Crippen LogP contribution in [0, 0.1) is 12.7 Å². The zero-order valence-electron chi connectivity index (χ0n) is 14.7. The predicted molar refractivity (Wildman–Crippen MR) is 102 cm³/mol. The minimum Gasteiger partial charge on any atom is -0.496 e. The second-order valence-electron chi connectivity index (χ2n) is 5.80. The van der Waals surface area contributed by atoms with Crippen LogP contribution in [0.1, 0.15) is 5.56 Å². The lowest BCUT2D eigenvalue weighted by atomic mass is 10.2. The summed E-state index contributed by atoms with van der Waals surface area (Å²) in [6.07, 6.45) is 1.38. The van der Waals surface area contributed by atoms with E-state index in [-0.39, 0.29) is 10.7 Å². The normalized spacial score (nSPS) is 11.1. The predicted octanol–water partition coefficient (Wildman–Crippen LogP) is 4.08. The average molecular weight is 387 g/mol. The average Bonchev–Trinajstić information content (AvgIpc) is 2.63. The maximum absolute atomic E-state index is 13.2. The first kappa shape index (κ1) is 18.7. The minimum absolute atomic E-state index is 0.128. The van der Waals surface area contributed by atoms with Crippen molar-refractivity contribution in [2.75, 3.05) is 17.1 Å². The molecule has 2 aromatic carbocycles. The van der Waals surface area contributed by atoms with E-state index >= 15 is 0 Å². The molecule has 0 fully saturated rings. The molecular formula is C19H18FN3O3S. The number of rotatable bonds is 6. The van der Waals surface area contributed by atoms with Crippen LogP contribution < -0.4 is 14.8 Å². The summed E-state index contributed by atoms with van der Waals surface area (Å²) in [7, 11) is -2.23. The van der Waals surface area contributed by atoms with Gasteiger partial charge in [-0.2, -0.15) is 0 Å². The Morgan fingerprint density at radius 2 is 1.85 bits per heavy atom. The standard InChI is InChI=1S/C19H18FN3O3S/c1-13-10-17(7-8-18(13)26-2)27(24,25)23-16-6-9-19(21-12-16)22-15-5-3-4-14(20)11-15/h3-12,23H,1-2H3,(H,21,22). The van der Waals surface area contributed by atoms with Crippen LogP contribution in [0.4, 0.5) is 21.6 Å². The van der Waals surface area contributed by atoms with Gasteiger partial charge in [-0.25, -0.2) is 17.8 Å². The van der Waals surface area contributed by atoms with Crippen molar-refractivity contribution in [3.8, 4) is 5.75 Å². The number of ether oxygens (including phenoxy) is 1. The molecule has 0 amide bonds. The highest BCUT2D eigenvalue weighted by atomic mass is 32.2. The summed E-state index contributed by atoms with van der Waals surface area (Å²) in [6.45, 7) is 1.77. The van der Waals surface area contributed by atoms with Gasteiger partial charge in [-0.05, 0) is 61.0 Å². The molecule has 0 aliphatic rings. The van der Waals surface area contributed by atoms with Crippen LogP contribution in [0.5, 0.6) is 5.75 Å². The third kappa shape index (κ3) is 4.53. The summed E-state index contributed by atoms with van der Waals surface area (Å²) in [6, 6.07) is 13.8. The van der Waals surface area contributed by atoms with E-state index in [9.17, 15) is 12.8 Å². The number of benzene rings is 2. The Morgan fingerprint density at radius 1 is 1.04 bits per heavy atom. The molecule has 140 valence electrons. The van der Waals surface area contributed by atoms with Crippen molar-refractivity contribution < 1.29 is 17.5 Å². The number of sulfonamides is 1. The van der Waals surface area contributed by atoms with Gasteiger partial charge in [0.1, 0.15) is 17.4 Å². The van der Waals surface area contributed by atoms with Gasteiger partial charge in [-0.3, -0.25) is 4.72 Å². The van der Waals surface area contributed by atoms with Crippen molar-refractivity contribution in [1.29, 1.82) is 0 Å². The number of methoxy groups -OCH3 is 1. The molecule has 0 saturated carbocycles. The van der Waals surface area contributed by atoms with Crippen LogP contribution in [-0.2, 0) is 10.0 Å². The molecular weight excluding hydrogens is 369 g/mol. The van der Waals surface area contributed by atoms with Gasteiger partial charge in [-0.1, -0.05) is 6.07 Å². The quantitative estimate of drug-likeness (QED) is 0.666. The molecule has 0 aliphatic carbocycles. The van der Waals surface area contributed by atoms with E-state index in [0.29, 0.717) is 28.5 Å². The number of hydrogen-bond donors (Lipinski definition) is 2. The maximum atomic E-state index is 13.2. The molecule has 1 aromatic heterocycles. The fourth-order valence-corrected chi connectivity index (χ4v) is 3.60. The molecule has 2 N–H and O–H groups in total. The first-order chi connectivity index (χ1) is 12.9. The van der Waals surface area contributed by atoms with Crippen LogP contribution >= 0.6 is 0 Å². The number of pyridine rings is 1. The zero-order chi connectivity index (χ0) is 19.4. The van der Waals surface area contributed by atoms with E-state index in [0.717, 1.165) is 0 Å². The number of nitrogens with one attached hydrogen (secondary N) is 2. The number of anilines is 3. The molecule has 0 aliphatic heterocycles. The van der Waals surface area contributed by atoms with Crippen LogP contribution in [0.3, 0.4) is 0 Å². The highest BCUT2D eigenvalue weighted by Gasteiger charge is 2.16. The maximum Gasteiger partial charge on any atom is 0.261 e. The van der Waals surface area contributed by atoms with Crippen molar-refractivity contribution in [2.24, 2.45) is 0 Å². The summed E-state index contributed by atoms with van der Waals surface area (Å²) >= 11 is 0. The lowest BCUT2D eigenvalue weighted by Gasteiger charge is -2.11. The molecule has 6 nitrogen and oxygen atoms in total. The number of nitrogens with zero attached hydrogens (tertiary/aromatic N) is 1. The van der Waals surface area contributed by atoms with Gasteiger partial charge >= 0.3 is 0 Å². The third-order valence-electron chi connectivity index (χ3n) is 3.79. The Bertz CT molecular complexity index is 1050. The molecule has 0 unspecified atom stereocenters. The van der Waals surface area contributed by atoms with Gasteiger partial charge in [0.25, 0.3) is 10.0 Å². The highest BCUT2D eigenvalue weighted by Crippen LogP contribution is 2.23. The van der Waals surface area contributed by atoms with Crippen molar-refractivity contribution in [3.05, 3.63) is 72.2 Å². The molecule has 0 saturated heterocycles. The molecule has 0 bridgehead atoms. The van der Waals surface area contributed by atoms with Crippen LogP contribution in [0.15, 0.2) is 65.7 Å². The topological polar surface area (TPSA) is 80.3 Å². The van der Waals surface area contributed by atoms with E-state index in [2.05, 4.69) is 15.0 Å². The lowest BCUT2D eigenvalue weighted by molar-refractivity contribution is 0.411. The number of halogens is 1. The fourth-order valence-electron chi connectivity index (χ4n) is 2.47. The van der Waals surface area contributed by atoms with Gasteiger partial charge in [0, 0.05) is 5.69 Å². The monoisotopic (exact) mass is 387 g/mol. The fraction of sp³-hybridized carbons (Fsp3) is 0.105.